The molecule has 190 valence electrons. The molecule has 2 saturated heterocycles. The van der Waals surface area contributed by atoms with Crippen molar-refractivity contribution >= 4 is 34.4 Å². The SMILES string of the molecule is COC1CN(N(c2ccccc2)c2ncc3c(=O)c(C(N)=O)c(N)n(CC4CCNC4)c3n2)CCO1. The molecular formula is C24H30N8O4. The maximum atomic E-state index is 13.2. The number of hydrazine groups is 1. The first-order valence-electron chi connectivity index (χ1n) is 11.9. The summed E-state index contributed by atoms with van der Waals surface area (Å²) in [5.41, 5.74) is 12.3. The van der Waals surface area contributed by atoms with Crippen molar-refractivity contribution < 1.29 is 14.3 Å². The second-order valence-corrected chi connectivity index (χ2v) is 8.93. The second-order valence-electron chi connectivity index (χ2n) is 8.93. The van der Waals surface area contributed by atoms with Gasteiger partial charge in [-0.1, -0.05) is 18.2 Å². The van der Waals surface area contributed by atoms with Crippen LogP contribution in [0.4, 0.5) is 17.5 Å². The predicted molar refractivity (Wildman–Crippen MR) is 135 cm³/mol. The van der Waals surface area contributed by atoms with Crippen LogP contribution in [0.2, 0.25) is 0 Å². The maximum absolute atomic E-state index is 13.2. The summed E-state index contributed by atoms with van der Waals surface area (Å²) in [5, 5.41) is 7.45. The molecule has 3 aromatic rings. The van der Waals surface area contributed by atoms with Crippen molar-refractivity contribution in [3.63, 3.8) is 0 Å². The molecule has 2 aliphatic rings. The van der Waals surface area contributed by atoms with Crippen molar-refractivity contribution in [2.75, 3.05) is 50.6 Å². The van der Waals surface area contributed by atoms with E-state index in [1.807, 2.05) is 40.3 Å². The number of pyridine rings is 1. The van der Waals surface area contributed by atoms with Gasteiger partial charge in [0.15, 0.2) is 11.9 Å². The Morgan fingerprint density at radius 2 is 2.14 bits per heavy atom. The van der Waals surface area contributed by atoms with Crippen molar-refractivity contribution in [1.82, 2.24) is 24.9 Å². The van der Waals surface area contributed by atoms with Gasteiger partial charge in [-0.25, -0.2) is 15.0 Å². The average molecular weight is 495 g/mol. The monoisotopic (exact) mass is 494 g/mol. The molecule has 12 heteroatoms. The standard InChI is InChI=1S/C24H30N8O4/c1-35-18-14-30(9-10-36-18)32(16-5-3-2-4-6-16)24-28-12-17-20(33)19(22(26)34)21(25)31(23(17)29-24)13-15-7-8-27-11-15/h2-6,12,15,18,27H,7-11,13-14,25H2,1H3,(H2,26,34). The lowest BCUT2D eigenvalue weighted by molar-refractivity contribution is -0.164. The molecule has 2 unspecified atom stereocenters. The Morgan fingerprint density at radius 1 is 1.33 bits per heavy atom. The summed E-state index contributed by atoms with van der Waals surface area (Å²) in [6.07, 6.45) is 1.98. The van der Waals surface area contributed by atoms with Crippen LogP contribution in [-0.4, -0.2) is 71.6 Å². The van der Waals surface area contributed by atoms with Gasteiger partial charge in [0, 0.05) is 26.4 Å². The van der Waals surface area contributed by atoms with Gasteiger partial charge >= 0.3 is 0 Å². The summed E-state index contributed by atoms with van der Waals surface area (Å²) < 4.78 is 12.8. The number of benzene rings is 1. The van der Waals surface area contributed by atoms with Crippen LogP contribution in [0.1, 0.15) is 16.8 Å². The summed E-state index contributed by atoms with van der Waals surface area (Å²) in [6.45, 7) is 3.69. The minimum atomic E-state index is -0.869. The number of ether oxygens (including phenoxy) is 2. The number of fused-ring (bicyclic) bond motifs is 1. The number of hydrogen-bond acceptors (Lipinski definition) is 10. The summed E-state index contributed by atoms with van der Waals surface area (Å²) in [6, 6.07) is 9.69. The van der Waals surface area contributed by atoms with E-state index < -0.39 is 17.6 Å². The average Bonchev–Trinajstić information content (AvgIpc) is 3.41. The number of methoxy groups -OCH3 is 1. The maximum Gasteiger partial charge on any atom is 0.256 e. The summed E-state index contributed by atoms with van der Waals surface area (Å²) in [4.78, 5) is 34.7. The third-order valence-corrected chi connectivity index (χ3v) is 6.63. The molecule has 5 N–H and O–H groups in total. The summed E-state index contributed by atoms with van der Waals surface area (Å²) >= 11 is 0. The molecule has 12 nitrogen and oxygen atoms in total. The van der Waals surface area contributed by atoms with Crippen LogP contribution in [0.25, 0.3) is 11.0 Å². The number of hydrogen-bond donors (Lipinski definition) is 3. The number of primary amides is 1. The molecule has 0 spiro atoms. The van der Waals surface area contributed by atoms with Gasteiger partial charge < -0.3 is 30.8 Å². The number of anilines is 3. The molecular weight excluding hydrogens is 464 g/mol. The third-order valence-electron chi connectivity index (χ3n) is 6.63. The molecule has 2 aliphatic heterocycles. The minimum absolute atomic E-state index is 0.0219. The van der Waals surface area contributed by atoms with Crippen LogP contribution in [-0.2, 0) is 16.0 Å². The molecule has 0 aliphatic carbocycles. The molecule has 1 amide bonds. The van der Waals surface area contributed by atoms with E-state index in [1.54, 1.807) is 11.7 Å². The molecule has 0 radical (unpaired) electrons. The predicted octanol–water partition coefficient (Wildman–Crippen LogP) is 0.440. The van der Waals surface area contributed by atoms with E-state index in [0.29, 0.717) is 37.8 Å². The van der Waals surface area contributed by atoms with Crippen molar-refractivity contribution in [1.29, 1.82) is 0 Å². The Labute approximate surface area is 207 Å². The van der Waals surface area contributed by atoms with Gasteiger partial charge in [-0.15, -0.1) is 0 Å². The lowest BCUT2D eigenvalue weighted by Crippen LogP contribution is -2.51. The van der Waals surface area contributed by atoms with E-state index in [4.69, 9.17) is 25.9 Å². The molecule has 0 saturated carbocycles. The molecule has 2 fully saturated rings. The van der Waals surface area contributed by atoms with Crippen molar-refractivity contribution in [2.45, 2.75) is 19.3 Å². The van der Waals surface area contributed by atoms with Gasteiger partial charge in [-0.3, -0.25) is 9.59 Å². The molecule has 1 aromatic carbocycles. The van der Waals surface area contributed by atoms with E-state index in [0.717, 1.165) is 25.2 Å². The second kappa shape index (κ2) is 10.2. The highest BCUT2D eigenvalue weighted by atomic mass is 16.7. The van der Waals surface area contributed by atoms with Crippen LogP contribution in [0.3, 0.4) is 0 Å². The van der Waals surface area contributed by atoms with Gasteiger partial charge in [0.2, 0.25) is 11.4 Å². The number of aromatic nitrogens is 3. The Balaban J connectivity index is 1.68. The van der Waals surface area contributed by atoms with Gasteiger partial charge in [0.1, 0.15) is 11.4 Å². The number of nitrogens with two attached hydrogens (primary N) is 2. The first kappa shape index (κ1) is 24.1. The third kappa shape index (κ3) is 4.51. The van der Waals surface area contributed by atoms with E-state index in [1.165, 1.54) is 6.20 Å². The van der Waals surface area contributed by atoms with E-state index in [2.05, 4.69) is 10.3 Å². The Hall–Kier alpha value is -3.58. The molecule has 36 heavy (non-hydrogen) atoms. The zero-order valence-electron chi connectivity index (χ0n) is 20.1. The smallest absolute Gasteiger partial charge is 0.256 e. The van der Waals surface area contributed by atoms with Gasteiger partial charge in [0.05, 0.1) is 24.2 Å². The van der Waals surface area contributed by atoms with Gasteiger partial charge in [-0.05, 0) is 37.6 Å². The largest absolute Gasteiger partial charge is 0.384 e. The highest BCUT2D eigenvalue weighted by Crippen LogP contribution is 2.28. The number of carbonyl (C=O) groups excluding carboxylic acids is 1. The fraction of sp³-hybridized carbons (Fsp3) is 0.417. The van der Waals surface area contributed by atoms with E-state index in [9.17, 15) is 9.59 Å². The molecule has 2 atom stereocenters. The molecule has 4 heterocycles. The lowest BCUT2D eigenvalue weighted by atomic mass is 10.1. The van der Waals surface area contributed by atoms with Gasteiger partial charge in [-0.2, -0.15) is 4.98 Å². The number of amides is 1. The van der Waals surface area contributed by atoms with Crippen LogP contribution in [0.5, 0.6) is 0 Å². The number of para-hydroxylation sites is 1. The van der Waals surface area contributed by atoms with E-state index in [-0.39, 0.29) is 22.7 Å². The quantitative estimate of drug-likeness (QED) is 0.421. The summed E-state index contributed by atoms with van der Waals surface area (Å²) in [7, 11) is 1.60. The Kier molecular flexibility index (Phi) is 6.83. The first-order chi connectivity index (χ1) is 17.5. The minimum Gasteiger partial charge on any atom is -0.384 e. The molecule has 5 rings (SSSR count). The van der Waals surface area contributed by atoms with Crippen LogP contribution < -0.4 is 27.2 Å². The topological polar surface area (TPSA) is 154 Å². The fourth-order valence-corrected chi connectivity index (χ4v) is 4.79. The van der Waals surface area contributed by atoms with Crippen LogP contribution in [0, 0.1) is 5.92 Å². The Morgan fingerprint density at radius 3 is 2.83 bits per heavy atom. The molecule has 0 bridgehead atoms. The first-order valence-corrected chi connectivity index (χ1v) is 11.9. The van der Waals surface area contributed by atoms with E-state index >= 15 is 0 Å². The van der Waals surface area contributed by atoms with Gasteiger partial charge in [0.25, 0.3) is 5.91 Å². The number of rotatable bonds is 7. The highest BCUT2D eigenvalue weighted by Gasteiger charge is 2.29. The molecule has 2 aromatic heterocycles. The Bertz CT molecular complexity index is 1310. The normalized spacial score (nSPS) is 20.6. The van der Waals surface area contributed by atoms with Crippen LogP contribution in [0.15, 0.2) is 41.3 Å². The van der Waals surface area contributed by atoms with Crippen molar-refractivity contribution in [2.24, 2.45) is 11.7 Å². The number of carbonyl (C=O) groups is 1. The fourth-order valence-electron chi connectivity index (χ4n) is 4.79. The van der Waals surface area contributed by atoms with Crippen LogP contribution >= 0.6 is 0 Å². The zero-order chi connectivity index (χ0) is 25.2. The zero-order valence-corrected chi connectivity index (χ0v) is 20.1. The van der Waals surface area contributed by atoms with Crippen molar-refractivity contribution in [3.05, 3.63) is 52.3 Å². The number of morpholine rings is 1. The highest BCUT2D eigenvalue weighted by molar-refractivity contribution is 6.00. The number of nitrogens with one attached hydrogen (secondary N) is 1. The lowest BCUT2D eigenvalue weighted by Gasteiger charge is -2.39. The summed E-state index contributed by atoms with van der Waals surface area (Å²) in [5.74, 6) is -0.223. The number of nitrogen functional groups attached to an aromatic ring is 1. The van der Waals surface area contributed by atoms with Crippen molar-refractivity contribution in [3.8, 4) is 0 Å². The number of nitrogens with zero attached hydrogens (tertiary/aromatic N) is 5.